The van der Waals surface area contributed by atoms with Gasteiger partial charge in [-0.1, -0.05) is 38.7 Å². The molecular formula is C15H22ClNO3S. The van der Waals surface area contributed by atoms with Crippen molar-refractivity contribution in [3.8, 4) is 0 Å². The lowest BCUT2D eigenvalue weighted by Gasteiger charge is -2.14. The van der Waals surface area contributed by atoms with E-state index in [1.54, 1.807) is 6.07 Å². The average Bonchev–Trinajstić information content (AvgIpc) is 2.43. The van der Waals surface area contributed by atoms with E-state index < -0.39 is 9.05 Å². The van der Waals surface area contributed by atoms with Crippen LogP contribution in [0.1, 0.15) is 56.3 Å². The lowest BCUT2D eigenvalue weighted by Crippen LogP contribution is -2.32. The molecule has 6 heteroatoms. The minimum absolute atomic E-state index is 0.0608. The van der Waals surface area contributed by atoms with Crippen molar-refractivity contribution in [1.29, 1.82) is 0 Å². The number of carbonyl (C=O) groups excluding carboxylic acids is 1. The smallest absolute Gasteiger partial charge is 0.261 e. The summed E-state index contributed by atoms with van der Waals surface area (Å²) < 4.78 is 22.5. The zero-order chi connectivity index (χ0) is 15.9. The first kappa shape index (κ1) is 18.0. The van der Waals surface area contributed by atoms with Crippen LogP contribution in [-0.2, 0) is 9.05 Å². The Bertz CT molecular complexity index is 572. The second-order valence-corrected chi connectivity index (χ2v) is 7.76. The first-order valence-corrected chi connectivity index (χ1v) is 9.51. The van der Waals surface area contributed by atoms with E-state index in [9.17, 15) is 13.2 Å². The summed E-state index contributed by atoms with van der Waals surface area (Å²) in [5.74, 6) is -0.278. The molecule has 1 N–H and O–H groups in total. The first-order valence-electron chi connectivity index (χ1n) is 7.20. The number of carbonyl (C=O) groups is 1. The number of rotatable bonds is 8. The van der Waals surface area contributed by atoms with Gasteiger partial charge in [0.2, 0.25) is 0 Å². The highest BCUT2D eigenvalue weighted by atomic mass is 35.7. The molecular weight excluding hydrogens is 310 g/mol. The summed E-state index contributed by atoms with van der Waals surface area (Å²) in [5.41, 5.74) is 0.303. The van der Waals surface area contributed by atoms with Gasteiger partial charge in [0.1, 0.15) is 0 Å². The van der Waals surface area contributed by atoms with Gasteiger partial charge in [-0.05, 0) is 31.5 Å². The summed E-state index contributed by atoms with van der Waals surface area (Å²) in [6.07, 6.45) is 5.54. The molecule has 0 spiro atoms. The van der Waals surface area contributed by atoms with Crippen LogP contribution in [0, 0.1) is 0 Å². The molecule has 1 unspecified atom stereocenters. The van der Waals surface area contributed by atoms with Gasteiger partial charge in [0.25, 0.3) is 15.0 Å². The van der Waals surface area contributed by atoms with E-state index in [0.717, 1.165) is 19.3 Å². The number of hydrogen-bond donors (Lipinski definition) is 1. The van der Waals surface area contributed by atoms with Crippen molar-refractivity contribution in [2.75, 3.05) is 0 Å². The molecule has 118 valence electrons. The van der Waals surface area contributed by atoms with Gasteiger partial charge in [0.05, 0.1) is 4.90 Å². The fourth-order valence-corrected chi connectivity index (χ4v) is 2.84. The number of hydrogen-bond acceptors (Lipinski definition) is 3. The van der Waals surface area contributed by atoms with Crippen LogP contribution < -0.4 is 5.32 Å². The molecule has 0 aromatic heterocycles. The molecule has 1 amide bonds. The summed E-state index contributed by atoms with van der Waals surface area (Å²) in [4.78, 5) is 12.0. The van der Waals surface area contributed by atoms with E-state index in [1.807, 2.05) is 6.92 Å². The Kier molecular flexibility index (Phi) is 7.18. The fourth-order valence-electron chi connectivity index (χ4n) is 2.05. The fraction of sp³-hybridized carbons (Fsp3) is 0.533. The number of unbranched alkanes of at least 4 members (excludes halogenated alkanes) is 3. The molecule has 21 heavy (non-hydrogen) atoms. The van der Waals surface area contributed by atoms with Crippen LogP contribution >= 0.6 is 10.7 Å². The highest BCUT2D eigenvalue weighted by Gasteiger charge is 2.14. The third kappa shape index (κ3) is 6.48. The van der Waals surface area contributed by atoms with E-state index in [-0.39, 0.29) is 16.8 Å². The van der Waals surface area contributed by atoms with Crippen LogP contribution in [0.5, 0.6) is 0 Å². The predicted octanol–water partition coefficient (Wildman–Crippen LogP) is 3.70. The maximum atomic E-state index is 12.1. The van der Waals surface area contributed by atoms with Crippen molar-refractivity contribution < 1.29 is 13.2 Å². The van der Waals surface area contributed by atoms with Gasteiger partial charge >= 0.3 is 0 Å². The Hall–Kier alpha value is -1.07. The highest BCUT2D eigenvalue weighted by Crippen LogP contribution is 2.16. The summed E-state index contributed by atoms with van der Waals surface area (Å²) in [6.45, 7) is 4.11. The molecule has 0 aliphatic rings. The predicted molar refractivity (Wildman–Crippen MR) is 85.2 cm³/mol. The molecule has 0 bridgehead atoms. The zero-order valence-corrected chi connectivity index (χ0v) is 14.0. The molecule has 0 saturated heterocycles. The van der Waals surface area contributed by atoms with Crippen molar-refractivity contribution in [1.82, 2.24) is 5.32 Å². The standard InChI is InChI=1S/C15H22ClNO3S/c1-3-4-5-6-8-12(2)17-15(18)13-9-7-10-14(11-13)21(16,19)20/h7,9-12H,3-6,8H2,1-2H3,(H,17,18). The minimum Gasteiger partial charge on any atom is -0.350 e. The lowest BCUT2D eigenvalue weighted by molar-refractivity contribution is 0.0937. The van der Waals surface area contributed by atoms with Gasteiger partial charge in [-0.2, -0.15) is 0 Å². The molecule has 0 saturated carbocycles. The van der Waals surface area contributed by atoms with E-state index in [4.69, 9.17) is 10.7 Å². The molecule has 0 radical (unpaired) electrons. The van der Waals surface area contributed by atoms with Crippen LogP contribution in [-0.4, -0.2) is 20.4 Å². The van der Waals surface area contributed by atoms with Crippen molar-refractivity contribution in [2.45, 2.75) is 56.9 Å². The van der Waals surface area contributed by atoms with Gasteiger partial charge in [0, 0.05) is 22.3 Å². The third-order valence-corrected chi connectivity index (χ3v) is 4.60. The molecule has 0 heterocycles. The second-order valence-electron chi connectivity index (χ2n) is 5.19. The van der Waals surface area contributed by atoms with Crippen molar-refractivity contribution >= 4 is 25.6 Å². The summed E-state index contributed by atoms with van der Waals surface area (Å²) in [5, 5.41) is 2.87. The second kappa shape index (κ2) is 8.39. The molecule has 0 aliphatic heterocycles. The number of halogens is 1. The van der Waals surface area contributed by atoms with E-state index in [1.165, 1.54) is 31.0 Å². The van der Waals surface area contributed by atoms with Gasteiger partial charge in [0.15, 0.2) is 0 Å². The van der Waals surface area contributed by atoms with Crippen LogP contribution in [0.2, 0.25) is 0 Å². The Morgan fingerprint density at radius 3 is 2.62 bits per heavy atom. The quantitative estimate of drug-likeness (QED) is 0.583. The lowest BCUT2D eigenvalue weighted by atomic mass is 10.1. The van der Waals surface area contributed by atoms with Gasteiger partial charge in [-0.25, -0.2) is 8.42 Å². The van der Waals surface area contributed by atoms with Crippen LogP contribution in [0.15, 0.2) is 29.2 Å². The third-order valence-electron chi connectivity index (χ3n) is 3.25. The molecule has 1 atom stereocenters. The Balaban J connectivity index is 2.59. The summed E-state index contributed by atoms with van der Waals surface area (Å²) >= 11 is 0. The molecule has 1 aromatic rings. The van der Waals surface area contributed by atoms with E-state index >= 15 is 0 Å². The molecule has 1 aromatic carbocycles. The van der Waals surface area contributed by atoms with Crippen molar-refractivity contribution in [3.05, 3.63) is 29.8 Å². The minimum atomic E-state index is -3.82. The summed E-state index contributed by atoms with van der Waals surface area (Å²) in [6, 6.07) is 5.81. The van der Waals surface area contributed by atoms with Crippen LogP contribution in [0.4, 0.5) is 0 Å². The van der Waals surface area contributed by atoms with Crippen LogP contribution in [0.25, 0.3) is 0 Å². The Morgan fingerprint density at radius 1 is 1.29 bits per heavy atom. The number of amides is 1. The SMILES string of the molecule is CCCCCCC(C)NC(=O)c1cccc(S(=O)(=O)Cl)c1. The van der Waals surface area contributed by atoms with Gasteiger partial charge < -0.3 is 5.32 Å². The molecule has 1 rings (SSSR count). The molecule has 0 fully saturated rings. The van der Waals surface area contributed by atoms with Crippen LogP contribution in [0.3, 0.4) is 0 Å². The largest absolute Gasteiger partial charge is 0.350 e. The van der Waals surface area contributed by atoms with Crippen molar-refractivity contribution in [3.63, 3.8) is 0 Å². The van der Waals surface area contributed by atoms with Crippen molar-refractivity contribution in [2.24, 2.45) is 0 Å². The Morgan fingerprint density at radius 2 is 2.00 bits per heavy atom. The van der Waals surface area contributed by atoms with E-state index in [0.29, 0.717) is 5.56 Å². The van der Waals surface area contributed by atoms with E-state index in [2.05, 4.69) is 12.2 Å². The number of benzene rings is 1. The highest BCUT2D eigenvalue weighted by molar-refractivity contribution is 8.13. The Labute approximate surface area is 131 Å². The average molecular weight is 332 g/mol. The zero-order valence-electron chi connectivity index (χ0n) is 12.4. The number of nitrogens with one attached hydrogen (secondary N) is 1. The van der Waals surface area contributed by atoms with Gasteiger partial charge in [-0.15, -0.1) is 0 Å². The molecule has 0 aliphatic carbocycles. The monoisotopic (exact) mass is 331 g/mol. The normalized spacial score (nSPS) is 12.9. The summed E-state index contributed by atoms with van der Waals surface area (Å²) in [7, 11) is 1.46. The maximum absolute atomic E-state index is 12.1. The topological polar surface area (TPSA) is 63.2 Å². The van der Waals surface area contributed by atoms with Gasteiger partial charge in [-0.3, -0.25) is 4.79 Å². The first-order chi connectivity index (χ1) is 9.84. The molecule has 4 nitrogen and oxygen atoms in total. The maximum Gasteiger partial charge on any atom is 0.261 e.